The van der Waals surface area contributed by atoms with Gasteiger partial charge in [0, 0.05) is 13.1 Å². The van der Waals surface area contributed by atoms with E-state index < -0.39 is 0 Å². The SMILES string of the molecule is CC1(CN)CCN(C(=O)c2sccc2-n2cnnn2)C1. The van der Waals surface area contributed by atoms with Crippen LogP contribution in [-0.4, -0.2) is 50.6 Å². The van der Waals surface area contributed by atoms with Crippen molar-refractivity contribution in [2.75, 3.05) is 19.6 Å². The maximum absolute atomic E-state index is 12.6. The second-order valence-corrected chi connectivity index (χ2v) is 6.30. The van der Waals surface area contributed by atoms with E-state index in [-0.39, 0.29) is 11.3 Å². The summed E-state index contributed by atoms with van der Waals surface area (Å²) in [6.45, 7) is 4.17. The summed E-state index contributed by atoms with van der Waals surface area (Å²) in [5, 5.41) is 12.9. The fourth-order valence-electron chi connectivity index (χ4n) is 2.42. The van der Waals surface area contributed by atoms with Crippen LogP contribution in [0.2, 0.25) is 0 Å². The molecule has 2 aromatic heterocycles. The average molecular weight is 292 g/mol. The van der Waals surface area contributed by atoms with Crippen molar-refractivity contribution < 1.29 is 4.79 Å². The molecule has 1 aliphatic rings. The number of amides is 1. The number of hydrogen-bond donors (Lipinski definition) is 1. The Morgan fingerprint density at radius 2 is 2.45 bits per heavy atom. The maximum atomic E-state index is 12.6. The van der Waals surface area contributed by atoms with Crippen molar-refractivity contribution in [1.82, 2.24) is 25.1 Å². The molecule has 7 nitrogen and oxygen atoms in total. The quantitative estimate of drug-likeness (QED) is 0.891. The third-order valence-corrected chi connectivity index (χ3v) is 4.66. The molecule has 2 aromatic rings. The van der Waals surface area contributed by atoms with E-state index in [0.29, 0.717) is 18.0 Å². The van der Waals surface area contributed by atoms with Crippen LogP contribution in [0.25, 0.3) is 5.69 Å². The highest BCUT2D eigenvalue weighted by atomic mass is 32.1. The Morgan fingerprint density at radius 3 is 3.10 bits per heavy atom. The fourth-order valence-corrected chi connectivity index (χ4v) is 3.27. The summed E-state index contributed by atoms with van der Waals surface area (Å²) in [7, 11) is 0. The lowest BCUT2D eigenvalue weighted by molar-refractivity contribution is 0.0781. The second-order valence-electron chi connectivity index (χ2n) is 5.38. The van der Waals surface area contributed by atoms with Crippen LogP contribution in [-0.2, 0) is 0 Å². The standard InChI is InChI=1S/C12H16N6OS/c1-12(6-13)3-4-17(7-12)11(19)10-9(2-5-20-10)18-8-14-15-16-18/h2,5,8H,3-4,6-7,13H2,1H3. The van der Waals surface area contributed by atoms with E-state index in [0.717, 1.165) is 18.7 Å². The van der Waals surface area contributed by atoms with Crippen molar-refractivity contribution in [1.29, 1.82) is 0 Å². The third kappa shape index (κ3) is 2.20. The first-order valence-corrected chi connectivity index (χ1v) is 7.31. The summed E-state index contributed by atoms with van der Waals surface area (Å²) in [5.41, 5.74) is 6.55. The molecule has 0 bridgehead atoms. The van der Waals surface area contributed by atoms with Crippen molar-refractivity contribution in [3.8, 4) is 5.69 Å². The van der Waals surface area contributed by atoms with Crippen molar-refractivity contribution in [2.45, 2.75) is 13.3 Å². The molecule has 0 radical (unpaired) electrons. The van der Waals surface area contributed by atoms with Crippen LogP contribution in [0.3, 0.4) is 0 Å². The van der Waals surface area contributed by atoms with Crippen LogP contribution < -0.4 is 5.73 Å². The highest BCUT2D eigenvalue weighted by Gasteiger charge is 2.36. The first kappa shape index (κ1) is 13.2. The van der Waals surface area contributed by atoms with Crippen molar-refractivity contribution >= 4 is 17.2 Å². The van der Waals surface area contributed by atoms with Gasteiger partial charge in [-0.2, -0.15) is 4.68 Å². The van der Waals surface area contributed by atoms with Crippen LogP contribution in [0.4, 0.5) is 0 Å². The van der Waals surface area contributed by atoms with Gasteiger partial charge in [-0.3, -0.25) is 4.79 Å². The van der Waals surface area contributed by atoms with E-state index in [4.69, 9.17) is 5.73 Å². The fraction of sp³-hybridized carbons (Fsp3) is 0.500. The maximum Gasteiger partial charge on any atom is 0.266 e. The van der Waals surface area contributed by atoms with Crippen LogP contribution in [0.5, 0.6) is 0 Å². The molecule has 0 aromatic carbocycles. The molecule has 20 heavy (non-hydrogen) atoms. The molecule has 0 spiro atoms. The highest BCUT2D eigenvalue weighted by molar-refractivity contribution is 7.12. The average Bonchev–Trinajstić information content (AvgIpc) is 3.18. The number of carbonyl (C=O) groups is 1. The molecule has 0 aliphatic carbocycles. The number of nitrogens with zero attached hydrogens (tertiary/aromatic N) is 5. The van der Waals surface area contributed by atoms with Crippen LogP contribution in [0, 0.1) is 5.41 Å². The molecule has 1 fully saturated rings. The Labute approximate surface area is 120 Å². The monoisotopic (exact) mass is 292 g/mol. The lowest BCUT2D eigenvalue weighted by atomic mass is 9.90. The highest BCUT2D eigenvalue weighted by Crippen LogP contribution is 2.31. The number of likely N-dealkylation sites (tertiary alicyclic amines) is 1. The van der Waals surface area contributed by atoms with Crippen molar-refractivity contribution in [3.05, 3.63) is 22.7 Å². The molecule has 1 saturated heterocycles. The first-order chi connectivity index (χ1) is 9.63. The van der Waals surface area contributed by atoms with Gasteiger partial charge in [0.25, 0.3) is 5.91 Å². The summed E-state index contributed by atoms with van der Waals surface area (Å²) in [4.78, 5) is 15.2. The number of thiophene rings is 1. The van der Waals surface area contributed by atoms with Gasteiger partial charge in [0.15, 0.2) is 0 Å². The van der Waals surface area contributed by atoms with Gasteiger partial charge in [-0.15, -0.1) is 16.4 Å². The van der Waals surface area contributed by atoms with Crippen molar-refractivity contribution in [2.24, 2.45) is 11.1 Å². The van der Waals surface area contributed by atoms with E-state index in [1.165, 1.54) is 22.3 Å². The topological polar surface area (TPSA) is 89.9 Å². The molecule has 2 N–H and O–H groups in total. The summed E-state index contributed by atoms with van der Waals surface area (Å²) >= 11 is 1.41. The molecule has 1 unspecified atom stereocenters. The number of hydrogen-bond acceptors (Lipinski definition) is 6. The minimum Gasteiger partial charge on any atom is -0.337 e. The molecule has 1 amide bonds. The normalized spacial score (nSPS) is 22.4. The van der Waals surface area contributed by atoms with Crippen molar-refractivity contribution in [3.63, 3.8) is 0 Å². The van der Waals surface area contributed by atoms with E-state index in [1.807, 2.05) is 16.3 Å². The van der Waals surface area contributed by atoms with Gasteiger partial charge in [-0.1, -0.05) is 6.92 Å². The van der Waals surface area contributed by atoms with Crippen LogP contribution in [0.1, 0.15) is 23.0 Å². The lowest BCUT2D eigenvalue weighted by Gasteiger charge is -2.22. The molecule has 106 valence electrons. The Hall–Kier alpha value is -1.80. The zero-order valence-electron chi connectivity index (χ0n) is 11.2. The minimum absolute atomic E-state index is 0.0297. The Kier molecular flexibility index (Phi) is 3.27. The number of nitrogens with two attached hydrogens (primary N) is 1. The third-order valence-electron chi connectivity index (χ3n) is 3.77. The summed E-state index contributed by atoms with van der Waals surface area (Å²) < 4.78 is 1.52. The van der Waals surface area contributed by atoms with Gasteiger partial charge in [0.2, 0.25) is 0 Å². The molecule has 8 heteroatoms. The lowest BCUT2D eigenvalue weighted by Crippen LogP contribution is -2.34. The van der Waals surface area contributed by atoms with Gasteiger partial charge in [-0.05, 0) is 40.3 Å². The van der Waals surface area contributed by atoms with E-state index in [9.17, 15) is 4.79 Å². The van der Waals surface area contributed by atoms with Gasteiger partial charge in [0.05, 0.1) is 5.69 Å². The molecular formula is C12H16N6OS. The Bertz CT molecular complexity index is 609. The summed E-state index contributed by atoms with van der Waals surface area (Å²) in [5.74, 6) is 0.0303. The molecule has 1 aliphatic heterocycles. The molecular weight excluding hydrogens is 276 g/mol. The number of tetrazole rings is 1. The number of carbonyl (C=O) groups excluding carboxylic acids is 1. The number of aromatic nitrogens is 4. The molecule has 3 heterocycles. The zero-order valence-corrected chi connectivity index (χ0v) is 12.0. The molecule has 3 rings (SSSR count). The smallest absolute Gasteiger partial charge is 0.266 e. The largest absolute Gasteiger partial charge is 0.337 e. The number of rotatable bonds is 3. The second kappa shape index (κ2) is 4.95. The van der Waals surface area contributed by atoms with Crippen LogP contribution >= 0.6 is 11.3 Å². The van der Waals surface area contributed by atoms with Gasteiger partial charge >= 0.3 is 0 Å². The first-order valence-electron chi connectivity index (χ1n) is 6.43. The predicted molar refractivity (Wildman–Crippen MR) is 74.7 cm³/mol. The van der Waals surface area contributed by atoms with E-state index in [2.05, 4.69) is 22.4 Å². The van der Waals surface area contributed by atoms with Crippen LogP contribution in [0.15, 0.2) is 17.8 Å². The zero-order chi connectivity index (χ0) is 14.2. The van der Waals surface area contributed by atoms with Gasteiger partial charge in [-0.25, -0.2) is 0 Å². The van der Waals surface area contributed by atoms with E-state index in [1.54, 1.807) is 0 Å². The summed E-state index contributed by atoms with van der Waals surface area (Å²) in [6, 6.07) is 1.85. The Morgan fingerprint density at radius 1 is 1.60 bits per heavy atom. The summed E-state index contributed by atoms with van der Waals surface area (Å²) in [6.07, 6.45) is 2.44. The predicted octanol–water partition coefficient (Wildman–Crippen LogP) is 0.535. The van der Waals surface area contributed by atoms with E-state index >= 15 is 0 Å². The molecule has 1 atom stereocenters. The van der Waals surface area contributed by atoms with Gasteiger partial charge in [0.1, 0.15) is 11.2 Å². The molecule has 0 saturated carbocycles. The minimum atomic E-state index is 0.0297. The van der Waals surface area contributed by atoms with Gasteiger partial charge < -0.3 is 10.6 Å². The Balaban J connectivity index is 1.84.